The van der Waals surface area contributed by atoms with Crippen LogP contribution in [0.3, 0.4) is 0 Å². The van der Waals surface area contributed by atoms with Crippen LogP contribution < -0.4 is 14.8 Å². The van der Waals surface area contributed by atoms with Gasteiger partial charge >= 0.3 is 24.2 Å². The highest BCUT2D eigenvalue weighted by Crippen LogP contribution is 2.30. The van der Waals surface area contributed by atoms with Crippen LogP contribution in [0.25, 0.3) is 0 Å². The number of carbonyl (C=O) groups is 4. The third-order valence-electron chi connectivity index (χ3n) is 4.05. The van der Waals surface area contributed by atoms with Crippen LogP contribution in [-0.4, -0.2) is 63.8 Å². The van der Waals surface area contributed by atoms with E-state index in [-0.39, 0.29) is 50.3 Å². The number of esters is 2. The molecule has 0 unspecified atom stereocenters. The molecule has 1 rings (SSSR count). The van der Waals surface area contributed by atoms with Crippen molar-refractivity contribution in [2.75, 3.05) is 33.5 Å². The van der Waals surface area contributed by atoms with Gasteiger partial charge in [0.2, 0.25) is 0 Å². The van der Waals surface area contributed by atoms with Crippen molar-refractivity contribution in [3.8, 4) is 11.5 Å². The highest BCUT2D eigenvalue weighted by molar-refractivity contribution is 5.76. The molecule has 0 aliphatic carbocycles. The largest absolute Gasteiger partial charge is 0.513 e. The van der Waals surface area contributed by atoms with E-state index in [1.807, 2.05) is 6.92 Å². The molecule has 0 spiro atoms. The Hall–Kier alpha value is -3.34. The van der Waals surface area contributed by atoms with Gasteiger partial charge in [-0.15, -0.1) is 0 Å². The Kier molecular flexibility index (Phi) is 13.0. The van der Waals surface area contributed by atoms with Crippen molar-refractivity contribution in [3.05, 3.63) is 23.8 Å². The number of methoxy groups -OCH3 is 1. The van der Waals surface area contributed by atoms with Crippen LogP contribution in [0.15, 0.2) is 18.2 Å². The smallest absolute Gasteiger partial charge is 0.468 e. The van der Waals surface area contributed by atoms with Gasteiger partial charge in [-0.3, -0.25) is 9.59 Å². The number of rotatable bonds is 13. The minimum Gasteiger partial charge on any atom is -0.468 e. The highest BCUT2D eigenvalue weighted by atomic mass is 16.7. The van der Waals surface area contributed by atoms with Gasteiger partial charge in [0.25, 0.3) is 0 Å². The Morgan fingerprint density at radius 2 is 1.55 bits per heavy atom. The standard InChI is InChI=1S/C22H31NO10/c1-5-8-19(24)31-12-11-23-16(20(25)28-4)13-15-9-10-17(32-21(26)29-6-2)18(14-15)33-22(27)30-7-3/h9-10,14,16,23H,5-8,11-13H2,1-4H3/t16-/m0/s1. The zero-order valence-electron chi connectivity index (χ0n) is 19.3. The van der Waals surface area contributed by atoms with Gasteiger partial charge < -0.3 is 33.7 Å². The molecule has 0 aromatic heterocycles. The lowest BCUT2D eigenvalue weighted by molar-refractivity contribution is -0.144. The zero-order chi connectivity index (χ0) is 24.6. The van der Waals surface area contributed by atoms with E-state index in [1.54, 1.807) is 19.9 Å². The first-order valence-electron chi connectivity index (χ1n) is 10.6. The molecule has 33 heavy (non-hydrogen) atoms. The number of hydrogen-bond acceptors (Lipinski definition) is 11. The van der Waals surface area contributed by atoms with E-state index in [0.29, 0.717) is 18.4 Å². The van der Waals surface area contributed by atoms with Gasteiger partial charge in [0.15, 0.2) is 11.5 Å². The maximum atomic E-state index is 12.2. The van der Waals surface area contributed by atoms with Crippen LogP contribution in [0.1, 0.15) is 39.2 Å². The van der Waals surface area contributed by atoms with Crippen LogP contribution in [-0.2, 0) is 35.0 Å². The Balaban J connectivity index is 2.94. The van der Waals surface area contributed by atoms with E-state index in [0.717, 1.165) is 0 Å². The fourth-order valence-corrected chi connectivity index (χ4v) is 2.61. The average molecular weight is 469 g/mol. The average Bonchev–Trinajstić information content (AvgIpc) is 2.77. The van der Waals surface area contributed by atoms with Crippen LogP contribution in [0.4, 0.5) is 9.59 Å². The lowest BCUT2D eigenvalue weighted by Crippen LogP contribution is -2.41. The van der Waals surface area contributed by atoms with E-state index in [2.05, 4.69) is 5.32 Å². The summed E-state index contributed by atoms with van der Waals surface area (Å²) in [5.41, 5.74) is 0.566. The molecule has 1 N–H and O–H groups in total. The Bertz CT molecular complexity index is 795. The summed E-state index contributed by atoms with van der Waals surface area (Å²) < 4.78 is 29.6. The molecule has 0 heterocycles. The van der Waals surface area contributed by atoms with Crippen molar-refractivity contribution in [2.45, 2.75) is 46.1 Å². The van der Waals surface area contributed by atoms with Gasteiger partial charge in [-0.05, 0) is 44.4 Å². The first-order valence-corrected chi connectivity index (χ1v) is 10.6. The second-order valence-corrected chi connectivity index (χ2v) is 6.56. The van der Waals surface area contributed by atoms with Crippen LogP contribution in [0.5, 0.6) is 11.5 Å². The molecule has 1 aromatic carbocycles. The Morgan fingerprint density at radius 1 is 0.909 bits per heavy atom. The van der Waals surface area contributed by atoms with Crippen molar-refractivity contribution in [1.29, 1.82) is 0 Å². The predicted molar refractivity (Wildman–Crippen MR) is 115 cm³/mol. The minimum absolute atomic E-state index is 0.0596. The van der Waals surface area contributed by atoms with Crippen molar-refractivity contribution in [3.63, 3.8) is 0 Å². The second-order valence-electron chi connectivity index (χ2n) is 6.56. The molecule has 0 aliphatic rings. The monoisotopic (exact) mass is 469 g/mol. The van der Waals surface area contributed by atoms with Crippen molar-refractivity contribution in [2.24, 2.45) is 0 Å². The van der Waals surface area contributed by atoms with E-state index < -0.39 is 24.3 Å². The molecule has 1 atom stereocenters. The van der Waals surface area contributed by atoms with Crippen molar-refractivity contribution >= 4 is 24.2 Å². The van der Waals surface area contributed by atoms with Crippen LogP contribution in [0.2, 0.25) is 0 Å². The van der Waals surface area contributed by atoms with Crippen LogP contribution >= 0.6 is 0 Å². The van der Waals surface area contributed by atoms with E-state index in [1.165, 1.54) is 19.2 Å². The highest BCUT2D eigenvalue weighted by Gasteiger charge is 2.22. The molecule has 11 nitrogen and oxygen atoms in total. The Labute approximate surface area is 192 Å². The lowest BCUT2D eigenvalue weighted by Gasteiger charge is -2.18. The number of nitrogens with one attached hydrogen (secondary N) is 1. The van der Waals surface area contributed by atoms with E-state index in [9.17, 15) is 19.2 Å². The van der Waals surface area contributed by atoms with Gasteiger partial charge in [-0.1, -0.05) is 13.0 Å². The summed E-state index contributed by atoms with van der Waals surface area (Å²) >= 11 is 0. The number of hydrogen-bond donors (Lipinski definition) is 1. The SMILES string of the molecule is CCCC(=O)OCCN[C@@H](Cc1ccc(OC(=O)OCC)c(OC(=O)OCC)c1)C(=O)OC. The first-order chi connectivity index (χ1) is 15.8. The molecule has 1 aromatic rings. The van der Waals surface area contributed by atoms with Gasteiger partial charge in [0.1, 0.15) is 12.6 Å². The normalized spacial score (nSPS) is 11.2. The summed E-state index contributed by atoms with van der Waals surface area (Å²) in [6, 6.07) is 3.66. The molecular weight excluding hydrogens is 438 g/mol. The summed E-state index contributed by atoms with van der Waals surface area (Å²) in [7, 11) is 1.25. The quantitative estimate of drug-likeness (QED) is 0.198. The Morgan fingerprint density at radius 3 is 2.12 bits per heavy atom. The fraction of sp³-hybridized carbons (Fsp3) is 0.545. The van der Waals surface area contributed by atoms with Gasteiger partial charge in [0, 0.05) is 13.0 Å². The van der Waals surface area contributed by atoms with Gasteiger partial charge in [-0.2, -0.15) is 0 Å². The summed E-state index contributed by atoms with van der Waals surface area (Å²) in [4.78, 5) is 47.1. The molecule has 0 radical (unpaired) electrons. The van der Waals surface area contributed by atoms with Crippen LogP contribution in [0, 0.1) is 0 Å². The summed E-state index contributed by atoms with van der Waals surface area (Å²) in [6.07, 6.45) is -0.799. The van der Waals surface area contributed by atoms with E-state index >= 15 is 0 Å². The molecule has 0 bridgehead atoms. The molecule has 0 aliphatic heterocycles. The molecule has 0 amide bonds. The molecule has 0 saturated heterocycles. The van der Waals surface area contributed by atoms with Gasteiger partial charge in [-0.25, -0.2) is 9.59 Å². The van der Waals surface area contributed by atoms with Crippen molar-refractivity contribution < 1.29 is 47.6 Å². The maximum Gasteiger partial charge on any atom is 0.513 e. The minimum atomic E-state index is -0.986. The number of benzene rings is 1. The molecule has 11 heteroatoms. The topological polar surface area (TPSA) is 136 Å². The third kappa shape index (κ3) is 10.7. The molecular formula is C22H31NO10. The van der Waals surface area contributed by atoms with Crippen molar-refractivity contribution in [1.82, 2.24) is 5.32 Å². The lowest BCUT2D eigenvalue weighted by atomic mass is 10.1. The summed E-state index contributed by atoms with van der Waals surface area (Å²) in [5.74, 6) is -0.992. The summed E-state index contributed by atoms with van der Waals surface area (Å²) in [6.45, 7) is 5.61. The predicted octanol–water partition coefficient (Wildman–Crippen LogP) is 2.77. The third-order valence-corrected chi connectivity index (χ3v) is 4.05. The second kappa shape index (κ2) is 15.5. The summed E-state index contributed by atoms with van der Waals surface area (Å²) in [5, 5.41) is 2.97. The van der Waals surface area contributed by atoms with E-state index in [4.69, 9.17) is 28.4 Å². The molecule has 184 valence electrons. The van der Waals surface area contributed by atoms with Gasteiger partial charge in [0.05, 0.1) is 20.3 Å². The molecule has 0 saturated carbocycles. The number of carbonyl (C=O) groups excluding carboxylic acids is 4. The number of ether oxygens (including phenoxy) is 6. The maximum absolute atomic E-state index is 12.2. The zero-order valence-corrected chi connectivity index (χ0v) is 19.3. The first kappa shape index (κ1) is 27.7. The molecule has 0 fully saturated rings. The fourth-order valence-electron chi connectivity index (χ4n) is 2.61.